The standard InChI is InChI=1S/C21H23N5O3/c27-19(26-11-9-25(10-12-26)14-15-5-3-4-8-22-15)13-18-21(29)23-17-7-2-1-6-16(17)20(28)24-18/h1-8,18H,9-14H2,(H,23,29)(H,24,28)/t18-/m1/s1. The molecule has 2 aliphatic rings. The molecule has 8 heteroatoms. The first-order chi connectivity index (χ1) is 14.1. The van der Waals surface area contributed by atoms with Crippen LogP contribution in [0.2, 0.25) is 0 Å². The highest BCUT2D eigenvalue weighted by atomic mass is 16.2. The van der Waals surface area contributed by atoms with Crippen molar-refractivity contribution in [2.24, 2.45) is 0 Å². The number of nitrogens with one attached hydrogen (secondary N) is 2. The van der Waals surface area contributed by atoms with E-state index in [2.05, 4.69) is 20.5 Å². The van der Waals surface area contributed by atoms with Gasteiger partial charge in [0.1, 0.15) is 6.04 Å². The van der Waals surface area contributed by atoms with Gasteiger partial charge in [-0.3, -0.25) is 24.3 Å². The quantitative estimate of drug-likeness (QED) is 0.804. The van der Waals surface area contributed by atoms with Crippen molar-refractivity contribution in [3.63, 3.8) is 0 Å². The molecule has 2 aliphatic heterocycles. The fraction of sp³-hybridized carbons (Fsp3) is 0.333. The number of hydrogen-bond donors (Lipinski definition) is 2. The highest BCUT2D eigenvalue weighted by Gasteiger charge is 2.31. The lowest BCUT2D eigenvalue weighted by atomic mass is 10.1. The van der Waals surface area contributed by atoms with Crippen LogP contribution in [0, 0.1) is 0 Å². The van der Waals surface area contributed by atoms with Gasteiger partial charge in [-0.1, -0.05) is 18.2 Å². The van der Waals surface area contributed by atoms with Gasteiger partial charge < -0.3 is 15.5 Å². The number of benzene rings is 1. The average molecular weight is 393 g/mol. The summed E-state index contributed by atoms with van der Waals surface area (Å²) in [4.78, 5) is 46.0. The number of rotatable bonds is 4. The molecule has 0 spiro atoms. The number of para-hydroxylation sites is 1. The molecule has 8 nitrogen and oxygen atoms in total. The fourth-order valence-electron chi connectivity index (χ4n) is 3.64. The van der Waals surface area contributed by atoms with Crippen molar-refractivity contribution in [1.82, 2.24) is 20.1 Å². The smallest absolute Gasteiger partial charge is 0.254 e. The summed E-state index contributed by atoms with van der Waals surface area (Å²) in [6.07, 6.45) is 1.73. The number of pyridine rings is 1. The van der Waals surface area contributed by atoms with Crippen molar-refractivity contribution >= 4 is 23.4 Å². The minimum absolute atomic E-state index is 0.0498. The van der Waals surface area contributed by atoms with Gasteiger partial charge in [0.05, 0.1) is 23.4 Å². The third-order valence-corrected chi connectivity index (χ3v) is 5.27. The highest BCUT2D eigenvalue weighted by Crippen LogP contribution is 2.19. The maximum absolute atomic E-state index is 12.7. The van der Waals surface area contributed by atoms with Crippen molar-refractivity contribution in [3.05, 3.63) is 59.9 Å². The Morgan fingerprint density at radius 3 is 2.55 bits per heavy atom. The zero-order valence-corrected chi connectivity index (χ0v) is 16.0. The van der Waals surface area contributed by atoms with Gasteiger partial charge in [-0.25, -0.2) is 0 Å². The summed E-state index contributed by atoms with van der Waals surface area (Å²) in [6, 6.07) is 11.8. The minimum atomic E-state index is -0.881. The molecular formula is C21H23N5O3. The Bertz CT molecular complexity index is 910. The van der Waals surface area contributed by atoms with Gasteiger partial charge in [-0.05, 0) is 24.3 Å². The van der Waals surface area contributed by atoms with Crippen LogP contribution in [0.25, 0.3) is 0 Å². The third-order valence-electron chi connectivity index (χ3n) is 5.27. The lowest BCUT2D eigenvalue weighted by molar-refractivity contribution is -0.135. The zero-order valence-electron chi connectivity index (χ0n) is 16.0. The molecule has 1 fully saturated rings. The lowest BCUT2D eigenvalue weighted by Gasteiger charge is -2.35. The molecule has 4 rings (SSSR count). The molecule has 3 amide bonds. The first-order valence-electron chi connectivity index (χ1n) is 9.71. The number of hydrogen-bond acceptors (Lipinski definition) is 5. The van der Waals surface area contributed by atoms with Crippen molar-refractivity contribution < 1.29 is 14.4 Å². The number of carbonyl (C=O) groups excluding carboxylic acids is 3. The Morgan fingerprint density at radius 1 is 1.03 bits per heavy atom. The summed E-state index contributed by atoms with van der Waals surface area (Å²) in [7, 11) is 0. The van der Waals surface area contributed by atoms with Crippen molar-refractivity contribution in [1.29, 1.82) is 0 Å². The first-order valence-corrected chi connectivity index (χ1v) is 9.71. The molecule has 1 aromatic heterocycles. The van der Waals surface area contributed by atoms with Crippen molar-refractivity contribution in [2.75, 3.05) is 31.5 Å². The summed E-state index contributed by atoms with van der Waals surface area (Å²) in [6.45, 7) is 3.43. The monoisotopic (exact) mass is 393 g/mol. The van der Waals surface area contributed by atoms with E-state index < -0.39 is 6.04 Å². The second-order valence-electron chi connectivity index (χ2n) is 7.24. The van der Waals surface area contributed by atoms with Crippen LogP contribution in [-0.2, 0) is 16.1 Å². The zero-order chi connectivity index (χ0) is 20.2. The maximum Gasteiger partial charge on any atom is 0.254 e. The molecule has 29 heavy (non-hydrogen) atoms. The van der Waals surface area contributed by atoms with Crippen molar-refractivity contribution in [3.8, 4) is 0 Å². The Balaban J connectivity index is 1.32. The van der Waals surface area contributed by atoms with E-state index in [9.17, 15) is 14.4 Å². The normalized spacial score (nSPS) is 19.7. The number of nitrogens with zero attached hydrogens (tertiary/aromatic N) is 3. The summed E-state index contributed by atoms with van der Waals surface area (Å²) in [5.74, 6) is -0.851. The molecule has 2 aromatic rings. The Hall–Kier alpha value is -3.26. The molecule has 0 unspecified atom stereocenters. The Kier molecular flexibility index (Phi) is 5.53. The number of piperazine rings is 1. The van der Waals surface area contributed by atoms with Gasteiger partial charge in [0, 0.05) is 38.9 Å². The molecule has 2 N–H and O–H groups in total. The topological polar surface area (TPSA) is 94.6 Å². The van der Waals surface area contributed by atoms with Crippen molar-refractivity contribution in [2.45, 2.75) is 19.0 Å². The molecule has 1 aromatic carbocycles. The van der Waals surface area contributed by atoms with Crippen LogP contribution in [0.3, 0.4) is 0 Å². The largest absolute Gasteiger partial charge is 0.340 e. The summed E-state index contributed by atoms with van der Waals surface area (Å²) < 4.78 is 0. The molecule has 1 atom stereocenters. The van der Waals surface area contributed by atoms with Crippen LogP contribution in [0.5, 0.6) is 0 Å². The van der Waals surface area contributed by atoms with E-state index in [4.69, 9.17) is 0 Å². The van der Waals surface area contributed by atoms with Crippen LogP contribution in [0.1, 0.15) is 22.5 Å². The fourth-order valence-corrected chi connectivity index (χ4v) is 3.64. The molecule has 3 heterocycles. The number of carbonyl (C=O) groups is 3. The summed E-state index contributed by atoms with van der Waals surface area (Å²) >= 11 is 0. The van der Waals surface area contributed by atoms with Crippen LogP contribution in [0.15, 0.2) is 48.7 Å². The van der Waals surface area contributed by atoms with Crippen LogP contribution < -0.4 is 10.6 Å². The van der Waals surface area contributed by atoms with E-state index >= 15 is 0 Å². The number of anilines is 1. The molecule has 150 valence electrons. The van der Waals surface area contributed by atoms with Gasteiger partial charge in [0.2, 0.25) is 11.8 Å². The Labute approximate surface area is 168 Å². The summed E-state index contributed by atoms with van der Waals surface area (Å²) in [5.41, 5.74) is 1.87. The van der Waals surface area contributed by atoms with E-state index in [0.717, 1.165) is 25.3 Å². The molecule has 0 bridgehead atoms. The molecule has 0 radical (unpaired) electrons. The molecule has 1 saturated heterocycles. The predicted octanol–water partition coefficient (Wildman–Crippen LogP) is 0.867. The van der Waals surface area contributed by atoms with Crippen LogP contribution >= 0.6 is 0 Å². The number of amides is 3. The Morgan fingerprint density at radius 2 is 1.79 bits per heavy atom. The number of aromatic nitrogens is 1. The van der Waals surface area contributed by atoms with E-state index in [1.165, 1.54) is 0 Å². The second-order valence-corrected chi connectivity index (χ2v) is 7.24. The molecule has 0 aliphatic carbocycles. The van der Waals surface area contributed by atoms with E-state index in [0.29, 0.717) is 24.3 Å². The second kappa shape index (κ2) is 8.40. The number of fused-ring (bicyclic) bond motifs is 1. The van der Waals surface area contributed by atoms with Gasteiger partial charge >= 0.3 is 0 Å². The minimum Gasteiger partial charge on any atom is -0.340 e. The van der Waals surface area contributed by atoms with Gasteiger partial charge in [-0.15, -0.1) is 0 Å². The van der Waals surface area contributed by atoms with Gasteiger partial charge in [0.25, 0.3) is 5.91 Å². The maximum atomic E-state index is 12.7. The molecule has 0 saturated carbocycles. The molecular weight excluding hydrogens is 370 g/mol. The average Bonchev–Trinajstić information content (AvgIpc) is 2.85. The highest BCUT2D eigenvalue weighted by molar-refractivity contribution is 6.10. The van der Waals surface area contributed by atoms with E-state index in [-0.39, 0.29) is 24.1 Å². The van der Waals surface area contributed by atoms with E-state index in [1.807, 2.05) is 18.2 Å². The van der Waals surface area contributed by atoms with E-state index in [1.54, 1.807) is 35.4 Å². The third kappa shape index (κ3) is 4.43. The van der Waals surface area contributed by atoms with Crippen LogP contribution in [-0.4, -0.2) is 64.7 Å². The van der Waals surface area contributed by atoms with Crippen LogP contribution in [0.4, 0.5) is 5.69 Å². The first kappa shape index (κ1) is 19.1. The SMILES string of the molecule is O=C1N[C@H](CC(=O)N2CCN(Cc3ccccn3)CC2)C(=O)Nc2ccccc21. The van der Waals surface area contributed by atoms with Gasteiger partial charge in [0.15, 0.2) is 0 Å². The van der Waals surface area contributed by atoms with Gasteiger partial charge in [-0.2, -0.15) is 0 Å². The summed E-state index contributed by atoms with van der Waals surface area (Å²) in [5, 5.41) is 5.42. The lowest BCUT2D eigenvalue weighted by Crippen LogP contribution is -2.51. The predicted molar refractivity (Wildman–Crippen MR) is 107 cm³/mol.